The van der Waals surface area contributed by atoms with Crippen molar-refractivity contribution in [1.29, 1.82) is 0 Å². The minimum absolute atomic E-state index is 0.864. The summed E-state index contributed by atoms with van der Waals surface area (Å²) < 4.78 is 3.22. The topological polar surface area (TPSA) is 29.9 Å². The fourth-order valence-electron chi connectivity index (χ4n) is 1.78. The van der Waals surface area contributed by atoms with E-state index in [1.807, 2.05) is 20.3 Å². The van der Waals surface area contributed by atoms with E-state index < -0.39 is 0 Å². The van der Waals surface area contributed by atoms with Gasteiger partial charge in [-0.2, -0.15) is 0 Å². The molecule has 0 spiro atoms. The number of hydrogen-bond acceptors (Lipinski definition) is 2. The van der Waals surface area contributed by atoms with E-state index >= 15 is 0 Å². The average Bonchev–Trinajstić information content (AvgIpc) is 2.63. The quantitative estimate of drug-likeness (QED) is 0.943. The molecule has 2 rings (SSSR count). The van der Waals surface area contributed by atoms with Crippen molar-refractivity contribution < 1.29 is 0 Å². The summed E-state index contributed by atoms with van der Waals surface area (Å²) in [5, 5.41) is 3.15. The van der Waals surface area contributed by atoms with Crippen molar-refractivity contribution in [2.75, 3.05) is 7.05 Å². The summed E-state index contributed by atoms with van der Waals surface area (Å²) >= 11 is 3.60. The summed E-state index contributed by atoms with van der Waals surface area (Å²) in [5.74, 6) is 0. The van der Waals surface area contributed by atoms with Crippen molar-refractivity contribution in [3.63, 3.8) is 0 Å². The van der Waals surface area contributed by atoms with E-state index in [0.717, 1.165) is 22.4 Å². The van der Waals surface area contributed by atoms with E-state index in [-0.39, 0.29) is 0 Å². The minimum atomic E-state index is 0.864. The van der Waals surface area contributed by atoms with Crippen molar-refractivity contribution in [2.24, 2.45) is 0 Å². The van der Waals surface area contributed by atoms with Crippen LogP contribution in [-0.4, -0.2) is 16.6 Å². The molecule has 90 valence electrons. The van der Waals surface area contributed by atoms with Gasteiger partial charge in [-0.1, -0.05) is 22.0 Å². The summed E-state index contributed by atoms with van der Waals surface area (Å²) in [6.07, 6.45) is 1.87. The highest BCUT2D eigenvalue weighted by atomic mass is 79.9. The maximum Gasteiger partial charge on any atom is 0.0997 e. The second-order valence-electron chi connectivity index (χ2n) is 4.09. The Hall–Kier alpha value is -1.13. The molecule has 1 aromatic carbocycles. The lowest BCUT2D eigenvalue weighted by molar-refractivity contribution is 0.813. The number of aromatic nitrogens is 2. The molecule has 0 bridgehead atoms. The van der Waals surface area contributed by atoms with Crippen LogP contribution in [-0.2, 0) is 6.54 Å². The van der Waals surface area contributed by atoms with Crippen LogP contribution in [0.4, 0.5) is 0 Å². The molecule has 1 aromatic heterocycles. The van der Waals surface area contributed by atoms with Gasteiger partial charge >= 0.3 is 0 Å². The molecule has 0 radical (unpaired) electrons. The molecule has 0 saturated carbocycles. The Kier molecular flexibility index (Phi) is 3.64. The molecular formula is C13H16BrN3. The third-order valence-corrected chi connectivity index (χ3v) is 3.67. The largest absolute Gasteiger partial charge is 0.316 e. The number of halogens is 1. The Morgan fingerprint density at radius 2 is 2.12 bits per heavy atom. The van der Waals surface area contributed by atoms with Crippen LogP contribution in [0.3, 0.4) is 0 Å². The maximum absolute atomic E-state index is 4.32. The first-order valence-electron chi connectivity index (χ1n) is 5.57. The zero-order chi connectivity index (χ0) is 12.4. The van der Waals surface area contributed by atoms with Crippen LogP contribution in [0, 0.1) is 13.8 Å². The highest BCUT2D eigenvalue weighted by molar-refractivity contribution is 9.10. The van der Waals surface area contributed by atoms with Gasteiger partial charge in [-0.05, 0) is 38.6 Å². The van der Waals surface area contributed by atoms with Crippen LogP contribution < -0.4 is 5.32 Å². The molecule has 0 aliphatic rings. The predicted molar refractivity (Wildman–Crippen MR) is 73.5 cm³/mol. The molecule has 0 aliphatic heterocycles. The molecule has 0 amide bonds. The van der Waals surface area contributed by atoms with Gasteiger partial charge in [0.25, 0.3) is 0 Å². The van der Waals surface area contributed by atoms with Gasteiger partial charge in [0.2, 0.25) is 0 Å². The molecule has 0 unspecified atom stereocenters. The monoisotopic (exact) mass is 293 g/mol. The van der Waals surface area contributed by atoms with Gasteiger partial charge in [0.15, 0.2) is 0 Å². The number of aryl methyl sites for hydroxylation is 1. The third kappa shape index (κ3) is 2.42. The first-order chi connectivity index (χ1) is 8.13. The number of rotatable bonds is 3. The number of imidazole rings is 1. The third-order valence-electron chi connectivity index (χ3n) is 2.93. The number of nitrogens with one attached hydrogen (secondary N) is 1. The minimum Gasteiger partial charge on any atom is -0.316 e. The summed E-state index contributed by atoms with van der Waals surface area (Å²) in [6.45, 7) is 4.97. The Morgan fingerprint density at radius 3 is 2.65 bits per heavy atom. The zero-order valence-corrected chi connectivity index (χ0v) is 11.9. The van der Waals surface area contributed by atoms with Crippen molar-refractivity contribution in [3.8, 4) is 5.69 Å². The second-order valence-corrected chi connectivity index (χ2v) is 4.95. The predicted octanol–water partition coefficient (Wildman–Crippen LogP) is 2.97. The van der Waals surface area contributed by atoms with Crippen molar-refractivity contribution in [1.82, 2.24) is 14.9 Å². The Bertz CT molecular complexity index is 531. The summed E-state index contributed by atoms with van der Waals surface area (Å²) in [4.78, 5) is 4.32. The molecule has 1 N–H and O–H groups in total. The molecule has 3 nitrogen and oxygen atoms in total. The molecule has 4 heteroatoms. The van der Waals surface area contributed by atoms with Crippen LogP contribution in [0.2, 0.25) is 0 Å². The first-order valence-corrected chi connectivity index (χ1v) is 6.36. The van der Waals surface area contributed by atoms with Crippen LogP contribution in [0.25, 0.3) is 5.69 Å². The average molecular weight is 294 g/mol. The first kappa shape index (κ1) is 12.3. The fraction of sp³-hybridized carbons (Fsp3) is 0.308. The lowest BCUT2D eigenvalue weighted by Gasteiger charge is -2.09. The molecule has 0 fully saturated rings. The number of nitrogens with zero attached hydrogens (tertiary/aromatic N) is 2. The van der Waals surface area contributed by atoms with E-state index in [1.165, 1.54) is 11.3 Å². The summed E-state index contributed by atoms with van der Waals surface area (Å²) in [5.41, 5.74) is 4.64. The molecule has 0 aliphatic carbocycles. The Balaban J connectivity index is 2.41. The fourth-order valence-corrected chi connectivity index (χ4v) is 2.29. The molecule has 1 heterocycles. The van der Waals surface area contributed by atoms with Gasteiger partial charge in [0.05, 0.1) is 12.0 Å². The van der Waals surface area contributed by atoms with E-state index in [2.05, 4.69) is 55.9 Å². The summed E-state index contributed by atoms with van der Waals surface area (Å²) in [6, 6.07) is 6.37. The van der Waals surface area contributed by atoms with Gasteiger partial charge in [0.1, 0.15) is 0 Å². The number of benzene rings is 1. The SMILES string of the molecule is CNCc1ccc(-n2cnc(C)c2C)cc1Br. The van der Waals surface area contributed by atoms with Gasteiger partial charge in [-0.3, -0.25) is 0 Å². The van der Waals surface area contributed by atoms with Gasteiger partial charge in [-0.15, -0.1) is 0 Å². The highest BCUT2D eigenvalue weighted by Gasteiger charge is 2.06. The highest BCUT2D eigenvalue weighted by Crippen LogP contribution is 2.22. The van der Waals surface area contributed by atoms with Crippen LogP contribution in [0.15, 0.2) is 29.0 Å². The molecular weight excluding hydrogens is 278 g/mol. The van der Waals surface area contributed by atoms with E-state index in [1.54, 1.807) is 0 Å². The Morgan fingerprint density at radius 1 is 1.35 bits per heavy atom. The zero-order valence-electron chi connectivity index (χ0n) is 10.3. The van der Waals surface area contributed by atoms with Crippen LogP contribution in [0.1, 0.15) is 17.0 Å². The maximum atomic E-state index is 4.32. The molecule has 17 heavy (non-hydrogen) atoms. The smallest absolute Gasteiger partial charge is 0.0997 e. The standard InChI is InChI=1S/C13H16BrN3/c1-9-10(2)17(8-16-9)12-5-4-11(7-15-3)13(14)6-12/h4-6,8,15H,7H2,1-3H3. The second kappa shape index (κ2) is 5.02. The van der Waals surface area contributed by atoms with Crippen LogP contribution in [0.5, 0.6) is 0 Å². The molecule has 2 aromatic rings. The van der Waals surface area contributed by atoms with Gasteiger partial charge in [0, 0.05) is 22.4 Å². The lowest BCUT2D eigenvalue weighted by atomic mass is 10.2. The summed E-state index contributed by atoms with van der Waals surface area (Å²) in [7, 11) is 1.95. The molecule has 0 atom stereocenters. The Labute approximate surface area is 110 Å². The van der Waals surface area contributed by atoms with Gasteiger partial charge in [-0.25, -0.2) is 4.98 Å². The van der Waals surface area contributed by atoms with E-state index in [9.17, 15) is 0 Å². The van der Waals surface area contributed by atoms with Crippen molar-refractivity contribution >= 4 is 15.9 Å². The van der Waals surface area contributed by atoms with E-state index in [0.29, 0.717) is 0 Å². The number of hydrogen-bond donors (Lipinski definition) is 1. The lowest BCUT2D eigenvalue weighted by Crippen LogP contribution is -2.06. The molecule has 0 saturated heterocycles. The van der Waals surface area contributed by atoms with Crippen molar-refractivity contribution in [2.45, 2.75) is 20.4 Å². The van der Waals surface area contributed by atoms with Crippen LogP contribution >= 0.6 is 15.9 Å². The normalized spacial score (nSPS) is 10.8. The van der Waals surface area contributed by atoms with Gasteiger partial charge < -0.3 is 9.88 Å². The van der Waals surface area contributed by atoms with E-state index in [4.69, 9.17) is 0 Å². The van der Waals surface area contributed by atoms with Crippen molar-refractivity contribution in [3.05, 3.63) is 46.0 Å².